The Bertz CT molecular complexity index is 382. The molecular formula is C14H20BrNO2. The van der Waals surface area contributed by atoms with Crippen molar-refractivity contribution in [2.24, 2.45) is 0 Å². The maximum absolute atomic E-state index is 11.7. The van der Waals surface area contributed by atoms with Crippen molar-refractivity contribution in [2.75, 3.05) is 12.4 Å². The van der Waals surface area contributed by atoms with Crippen molar-refractivity contribution in [1.29, 1.82) is 0 Å². The molecule has 18 heavy (non-hydrogen) atoms. The molecule has 1 rings (SSSR count). The summed E-state index contributed by atoms with van der Waals surface area (Å²) in [6, 6.07) is 7.52. The zero-order chi connectivity index (χ0) is 13.4. The van der Waals surface area contributed by atoms with Crippen LogP contribution in [0.1, 0.15) is 32.6 Å². The molecular weight excluding hydrogens is 294 g/mol. The van der Waals surface area contributed by atoms with Gasteiger partial charge in [0.1, 0.15) is 6.04 Å². The molecule has 1 aromatic rings. The minimum absolute atomic E-state index is 0.203. The number of methoxy groups -OCH3 is 1. The smallest absolute Gasteiger partial charge is 0.328 e. The van der Waals surface area contributed by atoms with Crippen LogP contribution in [-0.4, -0.2) is 19.1 Å². The molecule has 0 aromatic heterocycles. The number of rotatable bonds is 7. The van der Waals surface area contributed by atoms with Gasteiger partial charge in [-0.1, -0.05) is 48.2 Å². The maximum Gasteiger partial charge on any atom is 0.328 e. The van der Waals surface area contributed by atoms with E-state index in [1.54, 1.807) is 0 Å². The van der Waals surface area contributed by atoms with Gasteiger partial charge in [0.2, 0.25) is 0 Å². The summed E-state index contributed by atoms with van der Waals surface area (Å²) in [5.41, 5.74) is 0.927. The summed E-state index contributed by atoms with van der Waals surface area (Å²) in [7, 11) is 1.43. The third-order valence-electron chi connectivity index (χ3n) is 2.75. The molecule has 0 radical (unpaired) electrons. The van der Waals surface area contributed by atoms with Crippen molar-refractivity contribution in [3.63, 3.8) is 0 Å². The van der Waals surface area contributed by atoms with Gasteiger partial charge in [0.05, 0.1) is 7.11 Å². The van der Waals surface area contributed by atoms with Crippen molar-refractivity contribution in [3.05, 3.63) is 28.7 Å². The van der Waals surface area contributed by atoms with Gasteiger partial charge in [0.25, 0.3) is 0 Å². The first-order valence-electron chi connectivity index (χ1n) is 6.27. The number of unbranched alkanes of at least 4 members (excludes halogenated alkanes) is 2. The van der Waals surface area contributed by atoms with E-state index in [9.17, 15) is 4.79 Å². The van der Waals surface area contributed by atoms with Gasteiger partial charge in [-0.15, -0.1) is 0 Å². The molecule has 1 aromatic carbocycles. The fourth-order valence-corrected chi connectivity index (χ4v) is 2.17. The highest BCUT2D eigenvalue weighted by molar-refractivity contribution is 9.10. The highest BCUT2D eigenvalue weighted by Crippen LogP contribution is 2.18. The van der Waals surface area contributed by atoms with Crippen molar-refractivity contribution < 1.29 is 9.53 Å². The second-order valence-corrected chi connectivity index (χ2v) is 5.14. The van der Waals surface area contributed by atoms with E-state index in [0.717, 1.165) is 35.8 Å². The Labute approximate surface area is 117 Å². The van der Waals surface area contributed by atoms with E-state index in [0.29, 0.717) is 0 Å². The van der Waals surface area contributed by atoms with E-state index in [1.165, 1.54) is 7.11 Å². The van der Waals surface area contributed by atoms with Crippen LogP contribution >= 0.6 is 15.9 Å². The van der Waals surface area contributed by atoms with Crippen LogP contribution in [0.15, 0.2) is 28.7 Å². The number of ether oxygens (including phenoxy) is 1. The standard InChI is InChI=1S/C14H20BrNO2/c1-3-4-5-9-13(14(17)18-2)16-12-8-6-7-11(15)10-12/h6-8,10,13,16H,3-5,9H2,1-2H3. The van der Waals surface area contributed by atoms with E-state index >= 15 is 0 Å². The first kappa shape index (κ1) is 15.0. The molecule has 100 valence electrons. The third kappa shape index (κ3) is 5.08. The second-order valence-electron chi connectivity index (χ2n) is 4.23. The number of halogens is 1. The summed E-state index contributed by atoms with van der Waals surface area (Å²) in [5.74, 6) is -0.203. The normalized spacial score (nSPS) is 11.9. The Morgan fingerprint density at radius 1 is 1.44 bits per heavy atom. The summed E-state index contributed by atoms with van der Waals surface area (Å²) < 4.78 is 5.82. The van der Waals surface area contributed by atoms with Crippen LogP contribution in [0.2, 0.25) is 0 Å². The fourth-order valence-electron chi connectivity index (χ4n) is 1.77. The fraction of sp³-hybridized carbons (Fsp3) is 0.500. The van der Waals surface area contributed by atoms with Crippen LogP contribution in [0.3, 0.4) is 0 Å². The highest BCUT2D eigenvalue weighted by Gasteiger charge is 2.18. The molecule has 1 N–H and O–H groups in total. The molecule has 0 heterocycles. The molecule has 1 atom stereocenters. The Kier molecular flexibility index (Phi) is 6.80. The van der Waals surface area contributed by atoms with E-state index in [-0.39, 0.29) is 12.0 Å². The van der Waals surface area contributed by atoms with Gasteiger partial charge in [0.15, 0.2) is 0 Å². The maximum atomic E-state index is 11.7. The van der Waals surface area contributed by atoms with Crippen LogP contribution < -0.4 is 5.32 Å². The van der Waals surface area contributed by atoms with Gasteiger partial charge >= 0.3 is 5.97 Å². The Hall–Kier alpha value is -1.03. The molecule has 0 aliphatic carbocycles. The van der Waals surface area contributed by atoms with Crippen molar-refractivity contribution >= 4 is 27.6 Å². The van der Waals surface area contributed by atoms with Crippen LogP contribution in [0.4, 0.5) is 5.69 Å². The lowest BCUT2D eigenvalue weighted by Crippen LogP contribution is -2.30. The van der Waals surface area contributed by atoms with Gasteiger partial charge in [-0.25, -0.2) is 4.79 Å². The lowest BCUT2D eigenvalue weighted by atomic mass is 10.1. The van der Waals surface area contributed by atoms with Gasteiger partial charge in [0, 0.05) is 10.2 Å². The lowest BCUT2D eigenvalue weighted by Gasteiger charge is -2.17. The van der Waals surface area contributed by atoms with Crippen LogP contribution in [0.25, 0.3) is 0 Å². The highest BCUT2D eigenvalue weighted by atomic mass is 79.9. The molecule has 0 aliphatic heterocycles. The number of esters is 1. The minimum Gasteiger partial charge on any atom is -0.467 e. The van der Waals surface area contributed by atoms with Crippen molar-refractivity contribution in [3.8, 4) is 0 Å². The van der Waals surface area contributed by atoms with Crippen LogP contribution in [-0.2, 0) is 9.53 Å². The van der Waals surface area contributed by atoms with Gasteiger partial charge in [-0.2, -0.15) is 0 Å². The number of hydrogen-bond donors (Lipinski definition) is 1. The summed E-state index contributed by atoms with van der Waals surface area (Å²) in [6.45, 7) is 2.15. The van der Waals surface area contributed by atoms with E-state index in [2.05, 4.69) is 28.2 Å². The minimum atomic E-state index is -0.268. The van der Waals surface area contributed by atoms with Crippen LogP contribution in [0, 0.1) is 0 Å². The van der Waals surface area contributed by atoms with Gasteiger partial charge < -0.3 is 10.1 Å². The molecule has 0 spiro atoms. The quantitative estimate of drug-likeness (QED) is 0.611. The Morgan fingerprint density at radius 2 is 2.22 bits per heavy atom. The number of benzene rings is 1. The predicted octanol–water partition coefficient (Wildman–Crippen LogP) is 3.98. The summed E-state index contributed by atoms with van der Waals surface area (Å²) in [6.07, 6.45) is 4.10. The molecule has 3 nitrogen and oxygen atoms in total. The van der Waals surface area contributed by atoms with E-state index in [4.69, 9.17) is 4.74 Å². The molecule has 1 unspecified atom stereocenters. The molecule has 0 saturated carbocycles. The average molecular weight is 314 g/mol. The van der Waals surface area contributed by atoms with Gasteiger partial charge in [-0.3, -0.25) is 0 Å². The topological polar surface area (TPSA) is 38.3 Å². The van der Waals surface area contributed by atoms with E-state index in [1.807, 2.05) is 24.3 Å². The molecule has 4 heteroatoms. The number of anilines is 1. The molecule has 0 saturated heterocycles. The Balaban J connectivity index is 2.62. The van der Waals surface area contributed by atoms with Crippen molar-refractivity contribution in [1.82, 2.24) is 0 Å². The summed E-state index contributed by atoms with van der Waals surface area (Å²) in [5, 5.41) is 3.22. The lowest BCUT2D eigenvalue weighted by molar-refractivity contribution is -0.141. The average Bonchev–Trinajstić information content (AvgIpc) is 2.37. The largest absolute Gasteiger partial charge is 0.467 e. The molecule has 0 aliphatic rings. The summed E-state index contributed by atoms with van der Waals surface area (Å²) >= 11 is 3.41. The first-order valence-corrected chi connectivity index (χ1v) is 7.06. The number of carbonyl (C=O) groups is 1. The molecule has 0 fully saturated rings. The zero-order valence-electron chi connectivity index (χ0n) is 10.9. The first-order chi connectivity index (χ1) is 8.67. The molecule has 0 bridgehead atoms. The zero-order valence-corrected chi connectivity index (χ0v) is 12.5. The number of carbonyl (C=O) groups excluding carboxylic acids is 1. The predicted molar refractivity (Wildman–Crippen MR) is 77.7 cm³/mol. The monoisotopic (exact) mass is 313 g/mol. The van der Waals surface area contributed by atoms with Crippen LogP contribution in [0.5, 0.6) is 0 Å². The van der Waals surface area contributed by atoms with Gasteiger partial charge in [-0.05, 0) is 24.6 Å². The summed E-state index contributed by atoms with van der Waals surface area (Å²) in [4.78, 5) is 11.7. The second kappa shape index (κ2) is 8.14. The number of hydrogen-bond acceptors (Lipinski definition) is 3. The SMILES string of the molecule is CCCCCC(Nc1cccc(Br)c1)C(=O)OC. The Morgan fingerprint density at radius 3 is 2.83 bits per heavy atom. The van der Waals surface area contributed by atoms with E-state index < -0.39 is 0 Å². The number of nitrogens with one attached hydrogen (secondary N) is 1. The third-order valence-corrected chi connectivity index (χ3v) is 3.24. The molecule has 0 amide bonds. The van der Waals surface area contributed by atoms with Crippen molar-refractivity contribution in [2.45, 2.75) is 38.6 Å².